The average Bonchev–Trinajstić information content (AvgIpc) is 2.94. The molecule has 1 aliphatic carbocycles. The summed E-state index contributed by atoms with van der Waals surface area (Å²) in [5.74, 6) is 0.800. The van der Waals surface area contributed by atoms with Gasteiger partial charge in [0.1, 0.15) is 5.75 Å². The lowest BCUT2D eigenvalue weighted by Gasteiger charge is -2.25. The lowest BCUT2D eigenvalue weighted by molar-refractivity contribution is 0.167. The van der Waals surface area contributed by atoms with Gasteiger partial charge in [0, 0.05) is 30.9 Å². The van der Waals surface area contributed by atoms with Gasteiger partial charge >= 0.3 is 0 Å². The highest BCUT2D eigenvalue weighted by atomic mass is 16.5. The molecule has 24 heavy (non-hydrogen) atoms. The second-order valence-corrected chi connectivity index (χ2v) is 6.78. The first-order valence-electron chi connectivity index (χ1n) is 8.73. The van der Waals surface area contributed by atoms with Gasteiger partial charge in [0.25, 0.3) is 0 Å². The maximum Gasteiger partial charge on any atom is 0.120 e. The zero-order valence-electron chi connectivity index (χ0n) is 14.7. The third-order valence-electron chi connectivity index (χ3n) is 4.55. The summed E-state index contributed by atoms with van der Waals surface area (Å²) in [6.07, 6.45) is 4.85. The Morgan fingerprint density at radius 2 is 2.25 bits per heavy atom. The van der Waals surface area contributed by atoms with Crippen LogP contribution in [-0.2, 0) is 13.5 Å². The normalized spacial score (nSPS) is 18.5. The summed E-state index contributed by atoms with van der Waals surface area (Å²) < 4.78 is 7.67. The van der Waals surface area contributed by atoms with Crippen LogP contribution in [-0.4, -0.2) is 27.5 Å². The van der Waals surface area contributed by atoms with Crippen molar-refractivity contribution in [2.24, 2.45) is 7.05 Å². The first kappa shape index (κ1) is 17.0. The number of aryl methyl sites for hydroxylation is 1. The summed E-state index contributed by atoms with van der Waals surface area (Å²) in [5.41, 5.74) is 3.45. The van der Waals surface area contributed by atoms with Gasteiger partial charge in [0.05, 0.1) is 18.4 Å². The fourth-order valence-electron chi connectivity index (χ4n) is 3.36. The van der Waals surface area contributed by atoms with E-state index in [0.29, 0.717) is 6.54 Å². The molecular formula is C19H27N3O2. The summed E-state index contributed by atoms with van der Waals surface area (Å²) in [6.45, 7) is 4.52. The van der Waals surface area contributed by atoms with E-state index in [9.17, 15) is 5.11 Å². The van der Waals surface area contributed by atoms with E-state index in [-0.39, 0.29) is 12.1 Å². The predicted molar refractivity (Wildman–Crippen MR) is 94.1 cm³/mol. The molecule has 3 rings (SSSR count). The van der Waals surface area contributed by atoms with Crippen LogP contribution in [0.15, 0.2) is 30.5 Å². The number of hydrogen-bond donors (Lipinski definition) is 2. The van der Waals surface area contributed by atoms with Crippen molar-refractivity contribution in [3.63, 3.8) is 0 Å². The maximum atomic E-state index is 10.5. The predicted octanol–water partition coefficient (Wildman–Crippen LogP) is 2.91. The van der Waals surface area contributed by atoms with Gasteiger partial charge in [-0.2, -0.15) is 5.10 Å². The topological polar surface area (TPSA) is 59.3 Å². The number of aliphatic hydroxyl groups is 1. The first-order chi connectivity index (χ1) is 11.5. The molecular weight excluding hydrogens is 302 g/mol. The number of aliphatic hydroxyl groups excluding tert-OH is 1. The second kappa shape index (κ2) is 7.36. The molecule has 0 radical (unpaired) electrons. The molecule has 0 saturated heterocycles. The van der Waals surface area contributed by atoms with Crippen molar-refractivity contribution < 1.29 is 9.84 Å². The van der Waals surface area contributed by atoms with Crippen LogP contribution < -0.4 is 10.1 Å². The van der Waals surface area contributed by atoms with Crippen LogP contribution in [0.25, 0.3) is 0 Å². The SMILES string of the molecule is CC(C)Oc1cccc(C(O)CNC2CCCc3c2cnn3C)c1. The Morgan fingerprint density at radius 3 is 3.04 bits per heavy atom. The largest absolute Gasteiger partial charge is 0.491 e. The third kappa shape index (κ3) is 3.79. The number of benzene rings is 1. The lowest BCUT2D eigenvalue weighted by atomic mass is 9.92. The molecule has 0 saturated carbocycles. The molecule has 2 atom stereocenters. The van der Waals surface area contributed by atoms with Gasteiger partial charge in [-0.25, -0.2) is 0 Å². The Bertz CT molecular complexity index is 681. The van der Waals surface area contributed by atoms with E-state index in [1.54, 1.807) is 0 Å². The molecule has 5 nitrogen and oxygen atoms in total. The zero-order chi connectivity index (χ0) is 17.1. The van der Waals surface area contributed by atoms with Crippen molar-refractivity contribution in [1.82, 2.24) is 15.1 Å². The maximum absolute atomic E-state index is 10.5. The summed E-state index contributed by atoms with van der Waals surface area (Å²) in [5, 5.41) is 18.4. The molecule has 1 aromatic carbocycles. The van der Waals surface area contributed by atoms with Crippen LogP contribution in [0.3, 0.4) is 0 Å². The Labute approximate surface area is 143 Å². The van der Waals surface area contributed by atoms with E-state index in [1.807, 2.05) is 56.0 Å². The van der Waals surface area contributed by atoms with E-state index in [2.05, 4.69) is 10.4 Å². The third-order valence-corrected chi connectivity index (χ3v) is 4.55. The van der Waals surface area contributed by atoms with Crippen molar-refractivity contribution >= 4 is 0 Å². The minimum atomic E-state index is -0.553. The fraction of sp³-hybridized carbons (Fsp3) is 0.526. The Hall–Kier alpha value is -1.85. The van der Waals surface area contributed by atoms with E-state index in [4.69, 9.17) is 4.74 Å². The molecule has 1 aromatic heterocycles. The highest BCUT2D eigenvalue weighted by molar-refractivity contribution is 5.30. The quantitative estimate of drug-likeness (QED) is 0.855. The van der Waals surface area contributed by atoms with Crippen molar-refractivity contribution in [1.29, 1.82) is 0 Å². The highest BCUT2D eigenvalue weighted by Crippen LogP contribution is 2.29. The lowest BCUT2D eigenvalue weighted by Crippen LogP contribution is -2.29. The van der Waals surface area contributed by atoms with Gasteiger partial charge in [-0.1, -0.05) is 12.1 Å². The number of ether oxygens (including phenoxy) is 1. The molecule has 130 valence electrons. The summed E-state index contributed by atoms with van der Waals surface area (Å²) in [6, 6.07) is 7.98. The molecule has 0 fully saturated rings. The van der Waals surface area contributed by atoms with Crippen molar-refractivity contribution in [3.8, 4) is 5.75 Å². The van der Waals surface area contributed by atoms with Crippen LogP contribution in [0.5, 0.6) is 5.75 Å². The number of rotatable bonds is 6. The first-order valence-corrected chi connectivity index (χ1v) is 8.73. The van der Waals surface area contributed by atoms with E-state index < -0.39 is 6.10 Å². The summed E-state index contributed by atoms with van der Waals surface area (Å²) in [7, 11) is 2.00. The fourth-order valence-corrected chi connectivity index (χ4v) is 3.36. The van der Waals surface area contributed by atoms with Crippen LogP contribution in [0.2, 0.25) is 0 Å². The standard InChI is InChI=1S/C19H27N3O2/c1-13(2)24-15-7-4-6-14(10-15)19(23)12-20-17-8-5-9-18-16(17)11-21-22(18)3/h4,6-7,10-11,13,17,19-20,23H,5,8-9,12H2,1-3H3. The number of hydrogen-bond acceptors (Lipinski definition) is 4. The number of nitrogens with one attached hydrogen (secondary N) is 1. The molecule has 2 N–H and O–H groups in total. The van der Waals surface area contributed by atoms with Gasteiger partial charge in [-0.15, -0.1) is 0 Å². The van der Waals surface area contributed by atoms with Gasteiger partial charge in [-0.05, 0) is 50.8 Å². The number of aromatic nitrogens is 2. The molecule has 0 spiro atoms. The van der Waals surface area contributed by atoms with E-state index >= 15 is 0 Å². The molecule has 0 bridgehead atoms. The summed E-state index contributed by atoms with van der Waals surface area (Å²) >= 11 is 0. The molecule has 5 heteroatoms. The molecule has 1 aliphatic rings. The van der Waals surface area contributed by atoms with Gasteiger partial charge in [-0.3, -0.25) is 4.68 Å². The van der Waals surface area contributed by atoms with Gasteiger partial charge in [0.15, 0.2) is 0 Å². The van der Waals surface area contributed by atoms with E-state index in [0.717, 1.165) is 30.6 Å². The van der Waals surface area contributed by atoms with Crippen LogP contribution in [0.4, 0.5) is 0 Å². The molecule has 0 amide bonds. The van der Waals surface area contributed by atoms with Gasteiger partial charge < -0.3 is 15.2 Å². The van der Waals surface area contributed by atoms with Crippen LogP contribution in [0.1, 0.15) is 55.7 Å². The molecule has 2 aromatic rings. The molecule has 0 aliphatic heterocycles. The molecule has 2 unspecified atom stereocenters. The monoisotopic (exact) mass is 329 g/mol. The van der Waals surface area contributed by atoms with Crippen LogP contribution in [0, 0.1) is 0 Å². The van der Waals surface area contributed by atoms with Crippen molar-refractivity contribution in [2.45, 2.75) is 51.4 Å². The summed E-state index contributed by atoms with van der Waals surface area (Å²) in [4.78, 5) is 0. The van der Waals surface area contributed by atoms with Crippen molar-refractivity contribution in [3.05, 3.63) is 47.3 Å². The van der Waals surface area contributed by atoms with E-state index in [1.165, 1.54) is 11.3 Å². The Morgan fingerprint density at radius 1 is 1.42 bits per heavy atom. The number of nitrogens with zero attached hydrogens (tertiary/aromatic N) is 2. The second-order valence-electron chi connectivity index (χ2n) is 6.78. The van der Waals surface area contributed by atoms with Crippen LogP contribution >= 0.6 is 0 Å². The smallest absolute Gasteiger partial charge is 0.120 e. The minimum Gasteiger partial charge on any atom is -0.491 e. The Balaban J connectivity index is 1.63. The van der Waals surface area contributed by atoms with Crippen molar-refractivity contribution in [2.75, 3.05) is 6.54 Å². The average molecular weight is 329 g/mol. The zero-order valence-corrected chi connectivity index (χ0v) is 14.7. The molecule has 1 heterocycles. The van der Waals surface area contributed by atoms with Gasteiger partial charge in [0.2, 0.25) is 0 Å². The minimum absolute atomic E-state index is 0.127. The highest BCUT2D eigenvalue weighted by Gasteiger charge is 2.23. The number of fused-ring (bicyclic) bond motifs is 1. The Kier molecular flexibility index (Phi) is 5.21.